The molecule has 96 valence electrons. The average molecular weight is 255 g/mol. The first-order valence-corrected chi connectivity index (χ1v) is 6.99. The highest BCUT2D eigenvalue weighted by molar-refractivity contribution is 6.18. The monoisotopic (exact) mass is 254 g/mol. The molecule has 0 bridgehead atoms. The van der Waals surface area contributed by atoms with Crippen molar-refractivity contribution in [2.45, 2.75) is 33.1 Å². The molecule has 1 rings (SSSR count). The maximum atomic E-state index is 6.02. The van der Waals surface area contributed by atoms with Crippen molar-refractivity contribution >= 4 is 11.6 Å². The van der Waals surface area contributed by atoms with Crippen LogP contribution in [-0.4, -0.2) is 19.1 Å². The molecule has 1 atom stereocenters. The maximum Gasteiger partial charge on any atom is 0.0466 e. The number of benzene rings is 1. The van der Waals surface area contributed by atoms with Crippen molar-refractivity contribution in [1.29, 1.82) is 0 Å². The number of ether oxygens (including phenoxy) is 1. The Morgan fingerprint density at radius 2 is 1.94 bits per heavy atom. The van der Waals surface area contributed by atoms with Crippen molar-refractivity contribution in [2.75, 3.05) is 19.1 Å². The Morgan fingerprint density at radius 3 is 2.53 bits per heavy atom. The van der Waals surface area contributed by atoms with Crippen LogP contribution in [0.4, 0.5) is 0 Å². The van der Waals surface area contributed by atoms with E-state index in [0.29, 0.717) is 5.92 Å². The van der Waals surface area contributed by atoms with E-state index in [1.807, 2.05) is 6.92 Å². The predicted octanol–water partition coefficient (Wildman–Crippen LogP) is 4.21. The van der Waals surface area contributed by atoms with Crippen molar-refractivity contribution in [3.05, 3.63) is 35.4 Å². The molecule has 2 heteroatoms. The minimum atomic E-state index is 0.569. The zero-order valence-corrected chi connectivity index (χ0v) is 11.7. The SMILES string of the molecule is CCOCCCC(CCl)Cc1ccc(C)cc1. The molecule has 1 aromatic rings. The highest BCUT2D eigenvalue weighted by atomic mass is 35.5. The molecule has 0 N–H and O–H groups in total. The molecule has 0 radical (unpaired) electrons. The first-order valence-electron chi connectivity index (χ1n) is 6.45. The Hall–Kier alpha value is -0.530. The van der Waals surface area contributed by atoms with Crippen molar-refractivity contribution in [1.82, 2.24) is 0 Å². The minimum Gasteiger partial charge on any atom is -0.382 e. The van der Waals surface area contributed by atoms with E-state index in [0.717, 1.165) is 38.4 Å². The van der Waals surface area contributed by atoms with Crippen LogP contribution < -0.4 is 0 Å². The van der Waals surface area contributed by atoms with Crippen LogP contribution in [0.1, 0.15) is 30.9 Å². The van der Waals surface area contributed by atoms with E-state index in [4.69, 9.17) is 16.3 Å². The number of halogens is 1. The number of hydrogen-bond acceptors (Lipinski definition) is 1. The summed E-state index contributed by atoms with van der Waals surface area (Å²) in [6, 6.07) is 8.75. The Balaban J connectivity index is 2.33. The van der Waals surface area contributed by atoms with Gasteiger partial charge in [-0.15, -0.1) is 11.6 Å². The van der Waals surface area contributed by atoms with Gasteiger partial charge in [-0.3, -0.25) is 0 Å². The zero-order valence-electron chi connectivity index (χ0n) is 10.9. The quantitative estimate of drug-likeness (QED) is 0.499. The number of aryl methyl sites for hydroxylation is 1. The van der Waals surface area contributed by atoms with Gasteiger partial charge in [-0.1, -0.05) is 29.8 Å². The Labute approximate surface area is 110 Å². The third-order valence-corrected chi connectivity index (χ3v) is 3.40. The molecule has 0 aromatic heterocycles. The highest BCUT2D eigenvalue weighted by Crippen LogP contribution is 2.16. The normalized spacial score (nSPS) is 12.6. The summed E-state index contributed by atoms with van der Waals surface area (Å²) in [5, 5.41) is 0. The summed E-state index contributed by atoms with van der Waals surface area (Å²) in [4.78, 5) is 0. The van der Waals surface area contributed by atoms with E-state index in [2.05, 4.69) is 31.2 Å². The molecule has 17 heavy (non-hydrogen) atoms. The van der Waals surface area contributed by atoms with Crippen molar-refractivity contribution in [2.24, 2.45) is 5.92 Å². The fourth-order valence-electron chi connectivity index (χ4n) is 1.91. The number of rotatable bonds is 8. The summed E-state index contributed by atoms with van der Waals surface area (Å²) in [6.45, 7) is 5.82. The molecule has 1 aromatic carbocycles. The van der Waals surface area contributed by atoms with Gasteiger partial charge in [-0.05, 0) is 44.6 Å². The summed E-state index contributed by atoms with van der Waals surface area (Å²) >= 11 is 6.02. The molecule has 0 aliphatic heterocycles. The summed E-state index contributed by atoms with van der Waals surface area (Å²) in [6.07, 6.45) is 3.34. The smallest absolute Gasteiger partial charge is 0.0466 e. The van der Waals surface area contributed by atoms with Crippen molar-refractivity contribution in [3.8, 4) is 0 Å². The lowest BCUT2D eigenvalue weighted by Crippen LogP contribution is -2.08. The number of hydrogen-bond donors (Lipinski definition) is 0. The molecule has 0 saturated heterocycles. The number of alkyl halides is 1. The van der Waals surface area contributed by atoms with Gasteiger partial charge >= 0.3 is 0 Å². The first kappa shape index (κ1) is 14.5. The largest absolute Gasteiger partial charge is 0.382 e. The Morgan fingerprint density at radius 1 is 1.24 bits per heavy atom. The Kier molecular flexibility index (Phi) is 7.30. The van der Waals surface area contributed by atoms with Gasteiger partial charge in [0.1, 0.15) is 0 Å². The van der Waals surface area contributed by atoms with E-state index in [1.165, 1.54) is 11.1 Å². The molecule has 0 heterocycles. The second-order valence-corrected chi connectivity index (χ2v) is 4.86. The van der Waals surface area contributed by atoms with Crippen molar-refractivity contribution < 1.29 is 4.74 Å². The molecule has 1 unspecified atom stereocenters. The standard InChI is InChI=1S/C15H23ClO/c1-3-17-10-4-5-15(12-16)11-14-8-6-13(2)7-9-14/h6-9,15H,3-5,10-12H2,1-2H3. The van der Waals surface area contributed by atoms with Crippen LogP contribution >= 0.6 is 11.6 Å². The summed E-state index contributed by atoms with van der Waals surface area (Å²) in [5.74, 6) is 1.31. The minimum absolute atomic E-state index is 0.569. The molecule has 0 spiro atoms. The fraction of sp³-hybridized carbons (Fsp3) is 0.600. The molecule has 0 amide bonds. The fourth-order valence-corrected chi connectivity index (χ4v) is 2.17. The molecular formula is C15H23ClO. The van der Waals surface area contributed by atoms with E-state index >= 15 is 0 Å². The lowest BCUT2D eigenvalue weighted by molar-refractivity contribution is 0.140. The van der Waals surface area contributed by atoms with E-state index in [9.17, 15) is 0 Å². The summed E-state index contributed by atoms with van der Waals surface area (Å²) < 4.78 is 5.35. The van der Waals surface area contributed by atoms with Gasteiger partial charge in [0, 0.05) is 19.1 Å². The topological polar surface area (TPSA) is 9.23 Å². The molecule has 0 fully saturated rings. The third kappa shape index (κ3) is 6.09. The second-order valence-electron chi connectivity index (χ2n) is 4.55. The highest BCUT2D eigenvalue weighted by Gasteiger charge is 2.08. The van der Waals surface area contributed by atoms with Crippen LogP contribution in [0.3, 0.4) is 0 Å². The summed E-state index contributed by atoms with van der Waals surface area (Å²) in [7, 11) is 0. The van der Waals surface area contributed by atoms with Gasteiger partial charge in [-0.25, -0.2) is 0 Å². The molecule has 0 aliphatic carbocycles. The lowest BCUT2D eigenvalue weighted by atomic mass is 9.96. The zero-order chi connectivity index (χ0) is 12.5. The van der Waals surface area contributed by atoms with Crippen molar-refractivity contribution in [3.63, 3.8) is 0 Å². The molecular weight excluding hydrogens is 232 g/mol. The van der Waals surface area contributed by atoms with Crippen LogP contribution in [0.2, 0.25) is 0 Å². The molecule has 1 nitrogen and oxygen atoms in total. The van der Waals surface area contributed by atoms with Gasteiger partial charge in [0.15, 0.2) is 0 Å². The molecule has 0 saturated carbocycles. The van der Waals surface area contributed by atoms with Crippen LogP contribution in [0.15, 0.2) is 24.3 Å². The van der Waals surface area contributed by atoms with Crippen LogP contribution in [0.25, 0.3) is 0 Å². The van der Waals surface area contributed by atoms with E-state index < -0.39 is 0 Å². The van der Waals surface area contributed by atoms with E-state index in [1.54, 1.807) is 0 Å². The van der Waals surface area contributed by atoms with Gasteiger partial charge in [0.2, 0.25) is 0 Å². The average Bonchev–Trinajstić information content (AvgIpc) is 2.35. The van der Waals surface area contributed by atoms with Gasteiger partial charge in [-0.2, -0.15) is 0 Å². The van der Waals surface area contributed by atoms with E-state index in [-0.39, 0.29) is 0 Å². The maximum absolute atomic E-state index is 6.02. The van der Waals surface area contributed by atoms with Crippen LogP contribution in [0, 0.1) is 12.8 Å². The van der Waals surface area contributed by atoms with Gasteiger partial charge < -0.3 is 4.74 Å². The second kappa shape index (κ2) is 8.54. The first-order chi connectivity index (χ1) is 8.26. The summed E-state index contributed by atoms with van der Waals surface area (Å²) in [5.41, 5.74) is 2.70. The van der Waals surface area contributed by atoms with Gasteiger partial charge in [0.05, 0.1) is 0 Å². The van der Waals surface area contributed by atoms with Crippen LogP contribution in [0.5, 0.6) is 0 Å². The van der Waals surface area contributed by atoms with Crippen LogP contribution in [-0.2, 0) is 11.2 Å². The van der Waals surface area contributed by atoms with Gasteiger partial charge in [0.25, 0.3) is 0 Å². The third-order valence-electron chi connectivity index (χ3n) is 2.97. The Bertz CT molecular complexity index is 294. The predicted molar refractivity (Wildman–Crippen MR) is 74.8 cm³/mol. The molecule has 0 aliphatic rings. The lowest BCUT2D eigenvalue weighted by Gasteiger charge is -2.14.